The highest BCUT2D eigenvalue weighted by Crippen LogP contribution is 2.13. The summed E-state index contributed by atoms with van der Waals surface area (Å²) >= 11 is 0. The number of nitrogens with one attached hydrogen (secondary N) is 2. The van der Waals surface area contributed by atoms with Gasteiger partial charge in [-0.2, -0.15) is 0 Å². The lowest BCUT2D eigenvalue weighted by molar-refractivity contribution is 0.311. The quantitative estimate of drug-likeness (QED) is 0.219. The minimum atomic E-state index is 0. The molecule has 3 rings (SSSR count). The molecule has 0 fully saturated rings. The molecule has 0 spiro atoms. The van der Waals surface area contributed by atoms with E-state index in [9.17, 15) is 0 Å². The van der Waals surface area contributed by atoms with E-state index in [0.29, 0.717) is 13.2 Å². The number of guanidine groups is 1. The van der Waals surface area contributed by atoms with Gasteiger partial charge in [-0.25, -0.2) is 4.98 Å². The Morgan fingerprint density at radius 2 is 1.86 bits per heavy atom. The van der Waals surface area contributed by atoms with Gasteiger partial charge in [0.25, 0.3) is 0 Å². The summed E-state index contributed by atoms with van der Waals surface area (Å²) in [6.45, 7) is 2.13. The summed E-state index contributed by atoms with van der Waals surface area (Å²) < 4.78 is 7.71. The van der Waals surface area contributed by atoms with Gasteiger partial charge in [0.1, 0.15) is 5.75 Å². The molecule has 0 aliphatic heterocycles. The van der Waals surface area contributed by atoms with Gasteiger partial charge in [-0.05, 0) is 30.2 Å². The van der Waals surface area contributed by atoms with E-state index >= 15 is 0 Å². The van der Waals surface area contributed by atoms with E-state index in [1.54, 1.807) is 19.6 Å². The van der Waals surface area contributed by atoms with Crippen LogP contribution in [-0.4, -0.2) is 35.7 Å². The molecule has 0 saturated carbocycles. The number of nitrogens with zero attached hydrogens (tertiary/aromatic N) is 3. The largest absolute Gasteiger partial charge is 0.494 e. The predicted molar refractivity (Wildman–Crippen MR) is 124 cm³/mol. The van der Waals surface area contributed by atoms with Crippen LogP contribution in [0.4, 0.5) is 0 Å². The molecule has 2 N–H and O–H groups in total. The molecular weight excluding hydrogens is 465 g/mol. The van der Waals surface area contributed by atoms with Crippen molar-refractivity contribution in [2.75, 3.05) is 20.2 Å². The molecule has 3 aromatic rings. The number of halogens is 1. The van der Waals surface area contributed by atoms with Gasteiger partial charge in [-0.1, -0.05) is 36.4 Å². The topological polar surface area (TPSA) is 63.5 Å². The zero-order valence-corrected chi connectivity index (χ0v) is 18.2. The molecule has 1 aromatic heterocycles. The first-order valence-corrected chi connectivity index (χ1v) is 9.05. The first kappa shape index (κ1) is 21.7. The second-order valence-electron chi connectivity index (χ2n) is 5.97. The fraction of sp³-hybridized carbons (Fsp3) is 0.238. The van der Waals surface area contributed by atoms with Crippen LogP contribution < -0.4 is 15.4 Å². The minimum Gasteiger partial charge on any atom is -0.494 e. The molecule has 1 heterocycles. The van der Waals surface area contributed by atoms with Crippen molar-refractivity contribution in [1.82, 2.24) is 20.2 Å². The molecule has 0 radical (unpaired) electrons. The van der Waals surface area contributed by atoms with Crippen LogP contribution in [0.25, 0.3) is 5.69 Å². The van der Waals surface area contributed by atoms with Crippen molar-refractivity contribution in [2.45, 2.75) is 13.0 Å². The van der Waals surface area contributed by atoms with Gasteiger partial charge in [-0.15, -0.1) is 24.0 Å². The minimum absolute atomic E-state index is 0. The highest BCUT2D eigenvalue weighted by molar-refractivity contribution is 14.0. The molecule has 148 valence electrons. The van der Waals surface area contributed by atoms with Crippen molar-refractivity contribution in [2.24, 2.45) is 4.99 Å². The number of ether oxygens (including phenoxy) is 1. The van der Waals surface area contributed by atoms with Gasteiger partial charge in [-0.3, -0.25) is 4.99 Å². The number of hydrogen-bond acceptors (Lipinski definition) is 3. The molecule has 0 atom stereocenters. The van der Waals surface area contributed by atoms with Crippen LogP contribution >= 0.6 is 24.0 Å². The number of aliphatic imine (C=N–C) groups is 1. The van der Waals surface area contributed by atoms with Gasteiger partial charge in [0.15, 0.2) is 5.96 Å². The Morgan fingerprint density at radius 3 is 2.61 bits per heavy atom. The maximum atomic E-state index is 5.70. The number of rotatable bonds is 8. The van der Waals surface area contributed by atoms with Gasteiger partial charge in [0, 0.05) is 32.5 Å². The van der Waals surface area contributed by atoms with Gasteiger partial charge in [0.2, 0.25) is 0 Å². The van der Waals surface area contributed by atoms with Crippen molar-refractivity contribution >= 4 is 29.9 Å². The van der Waals surface area contributed by atoms with E-state index in [1.807, 2.05) is 53.2 Å². The summed E-state index contributed by atoms with van der Waals surface area (Å²) in [4.78, 5) is 8.41. The van der Waals surface area contributed by atoms with Crippen LogP contribution in [0.15, 0.2) is 78.3 Å². The molecule has 0 amide bonds. The Labute approximate surface area is 183 Å². The standard InChI is InChI=1S/C21H25N5O.HI/c1-22-21(24-12-7-15-27-19-9-3-2-4-10-19)25-16-18-8-5-6-11-20(18)26-14-13-23-17-26;/h2-6,8-11,13-14,17H,7,12,15-16H2,1H3,(H2,22,24,25);1H. The molecular formula is C21H26IN5O. The monoisotopic (exact) mass is 491 g/mol. The number of imidazole rings is 1. The highest BCUT2D eigenvalue weighted by atomic mass is 127. The summed E-state index contributed by atoms with van der Waals surface area (Å²) in [5.74, 6) is 1.67. The SMILES string of the molecule is CN=C(NCCCOc1ccccc1)NCc1ccccc1-n1ccnc1.I. The average Bonchev–Trinajstić information content (AvgIpc) is 3.26. The molecule has 2 aromatic carbocycles. The summed E-state index contributed by atoms with van der Waals surface area (Å²) in [5.41, 5.74) is 2.28. The van der Waals surface area contributed by atoms with E-state index in [2.05, 4.69) is 32.7 Å². The van der Waals surface area contributed by atoms with Crippen molar-refractivity contribution in [3.8, 4) is 11.4 Å². The molecule has 0 bridgehead atoms. The Balaban J connectivity index is 0.00000280. The molecule has 6 nitrogen and oxygen atoms in total. The van der Waals surface area contributed by atoms with E-state index < -0.39 is 0 Å². The molecule has 0 saturated heterocycles. The van der Waals surface area contributed by atoms with Crippen LogP contribution in [0.1, 0.15) is 12.0 Å². The summed E-state index contributed by atoms with van der Waals surface area (Å²) in [6.07, 6.45) is 6.42. The molecule has 0 aliphatic carbocycles. The average molecular weight is 491 g/mol. The molecule has 7 heteroatoms. The third kappa shape index (κ3) is 6.56. The van der Waals surface area contributed by atoms with Crippen LogP contribution in [-0.2, 0) is 6.54 Å². The molecule has 0 aliphatic rings. The number of benzene rings is 2. The third-order valence-corrected chi connectivity index (χ3v) is 4.07. The predicted octanol–water partition coefficient (Wildman–Crippen LogP) is 3.62. The Kier molecular flexibility index (Phi) is 9.33. The third-order valence-electron chi connectivity index (χ3n) is 4.07. The Bertz CT molecular complexity index is 837. The van der Waals surface area contributed by atoms with E-state index in [-0.39, 0.29) is 24.0 Å². The Morgan fingerprint density at radius 1 is 1.07 bits per heavy atom. The van der Waals surface area contributed by atoms with Crippen molar-refractivity contribution in [3.05, 3.63) is 78.9 Å². The lowest BCUT2D eigenvalue weighted by atomic mass is 10.1. The number of aromatic nitrogens is 2. The molecule has 28 heavy (non-hydrogen) atoms. The van der Waals surface area contributed by atoms with Gasteiger partial charge in [0.05, 0.1) is 18.6 Å². The fourth-order valence-electron chi connectivity index (χ4n) is 2.70. The smallest absolute Gasteiger partial charge is 0.191 e. The lowest BCUT2D eigenvalue weighted by Crippen LogP contribution is -2.37. The zero-order chi connectivity index (χ0) is 18.7. The van der Waals surface area contributed by atoms with E-state index in [0.717, 1.165) is 30.4 Å². The van der Waals surface area contributed by atoms with Gasteiger partial charge >= 0.3 is 0 Å². The fourth-order valence-corrected chi connectivity index (χ4v) is 2.70. The summed E-state index contributed by atoms with van der Waals surface area (Å²) in [7, 11) is 1.78. The number of para-hydroxylation sites is 2. The van der Waals surface area contributed by atoms with Crippen molar-refractivity contribution in [3.63, 3.8) is 0 Å². The van der Waals surface area contributed by atoms with Crippen molar-refractivity contribution in [1.29, 1.82) is 0 Å². The van der Waals surface area contributed by atoms with E-state index in [1.165, 1.54) is 5.56 Å². The van der Waals surface area contributed by atoms with Crippen LogP contribution in [0, 0.1) is 0 Å². The normalized spacial score (nSPS) is 10.8. The van der Waals surface area contributed by atoms with E-state index in [4.69, 9.17) is 4.74 Å². The van der Waals surface area contributed by atoms with Crippen LogP contribution in [0.3, 0.4) is 0 Å². The lowest BCUT2D eigenvalue weighted by Gasteiger charge is -2.14. The first-order chi connectivity index (χ1) is 13.4. The van der Waals surface area contributed by atoms with Gasteiger partial charge < -0.3 is 19.9 Å². The Hall–Kier alpha value is -2.55. The number of hydrogen-bond donors (Lipinski definition) is 2. The molecule has 0 unspecified atom stereocenters. The summed E-state index contributed by atoms with van der Waals surface area (Å²) in [5, 5.41) is 6.68. The van der Waals surface area contributed by atoms with Crippen LogP contribution in [0.5, 0.6) is 5.75 Å². The second kappa shape index (κ2) is 12.0. The van der Waals surface area contributed by atoms with Crippen molar-refractivity contribution < 1.29 is 4.74 Å². The first-order valence-electron chi connectivity index (χ1n) is 9.05. The zero-order valence-electron chi connectivity index (χ0n) is 15.9. The second-order valence-corrected chi connectivity index (χ2v) is 5.97. The highest BCUT2D eigenvalue weighted by Gasteiger charge is 2.05. The summed E-state index contributed by atoms with van der Waals surface area (Å²) in [6, 6.07) is 18.1. The maximum absolute atomic E-state index is 5.70. The van der Waals surface area contributed by atoms with Crippen LogP contribution in [0.2, 0.25) is 0 Å². The maximum Gasteiger partial charge on any atom is 0.191 e.